The average Bonchev–Trinajstić information content (AvgIpc) is 2.89. The molecule has 6 unspecified atom stereocenters. The van der Waals surface area contributed by atoms with Crippen molar-refractivity contribution >= 4 is 11.8 Å². The van der Waals surface area contributed by atoms with Crippen LogP contribution < -0.4 is 0 Å². The van der Waals surface area contributed by atoms with Gasteiger partial charge < -0.3 is 40.1 Å². The Morgan fingerprint density at radius 2 is 1.54 bits per heavy atom. The van der Waals surface area contributed by atoms with Gasteiger partial charge in [-0.3, -0.25) is 4.79 Å². The summed E-state index contributed by atoms with van der Waals surface area (Å²) in [4.78, 5) is 25.9. The van der Waals surface area contributed by atoms with Crippen molar-refractivity contribution < 1.29 is 49.7 Å². The minimum Gasteiger partial charge on any atom is -0.507 e. The number of fused-ring (bicyclic) bond motifs is 2. The van der Waals surface area contributed by atoms with Crippen LogP contribution in [0.1, 0.15) is 48.9 Å². The first-order valence-electron chi connectivity index (χ1n) is 11.5. The van der Waals surface area contributed by atoms with E-state index in [1.165, 1.54) is 42.5 Å². The Morgan fingerprint density at radius 1 is 0.838 bits per heavy atom. The van der Waals surface area contributed by atoms with Gasteiger partial charge in [0.15, 0.2) is 0 Å². The van der Waals surface area contributed by atoms with Crippen LogP contribution in [-0.2, 0) is 16.1 Å². The highest BCUT2D eigenvalue weighted by molar-refractivity contribution is 6.16. The fourth-order valence-electron chi connectivity index (χ4n) is 5.00. The second kappa shape index (κ2) is 9.58. The number of carbonyl (C=O) groups is 2. The molecule has 6 atom stereocenters. The standard InChI is InChI=1S/C27H24O10/c28-11-12-9-15-18(14-7-4-8-16(29)19(14)21(31)20(15)17(30)10-12)25-23(33)22(32)24(34)27(36-25)37-26(35)13-5-2-1-3-6-13/h1-10,18,22-25,27-30,32-34H,11H2. The minimum absolute atomic E-state index is 0.138. The van der Waals surface area contributed by atoms with E-state index in [4.69, 9.17) is 9.47 Å². The van der Waals surface area contributed by atoms with Crippen LogP contribution in [0.15, 0.2) is 60.7 Å². The molecule has 10 heteroatoms. The van der Waals surface area contributed by atoms with E-state index in [9.17, 15) is 40.2 Å². The van der Waals surface area contributed by atoms with Crippen LogP contribution in [0.2, 0.25) is 0 Å². The molecule has 1 heterocycles. The summed E-state index contributed by atoms with van der Waals surface area (Å²) in [5.74, 6) is -3.43. The number of aromatic hydroxyl groups is 2. The van der Waals surface area contributed by atoms with E-state index < -0.39 is 60.7 Å². The van der Waals surface area contributed by atoms with Gasteiger partial charge in [0.2, 0.25) is 12.1 Å². The van der Waals surface area contributed by atoms with Crippen molar-refractivity contribution in [1.29, 1.82) is 0 Å². The number of hydrogen-bond acceptors (Lipinski definition) is 10. The summed E-state index contributed by atoms with van der Waals surface area (Å²) in [7, 11) is 0. The lowest BCUT2D eigenvalue weighted by Crippen LogP contribution is -2.60. The van der Waals surface area contributed by atoms with Gasteiger partial charge in [-0.15, -0.1) is 0 Å². The summed E-state index contributed by atoms with van der Waals surface area (Å²) in [6.07, 6.45) is -8.46. The molecule has 5 rings (SSSR count). The van der Waals surface area contributed by atoms with Crippen LogP contribution in [0.5, 0.6) is 11.5 Å². The van der Waals surface area contributed by atoms with Gasteiger partial charge in [0.1, 0.15) is 35.9 Å². The average molecular weight is 508 g/mol. The molecule has 3 aromatic rings. The van der Waals surface area contributed by atoms with Gasteiger partial charge in [0.05, 0.1) is 23.3 Å². The zero-order valence-electron chi connectivity index (χ0n) is 19.3. The number of esters is 1. The molecule has 2 aliphatic rings. The molecular formula is C27H24O10. The molecule has 3 aromatic carbocycles. The Hall–Kier alpha value is -3.80. The smallest absolute Gasteiger partial charge is 0.340 e. The Kier molecular flexibility index (Phi) is 6.44. The summed E-state index contributed by atoms with van der Waals surface area (Å²) < 4.78 is 11.2. The van der Waals surface area contributed by atoms with Crippen molar-refractivity contribution in [3.63, 3.8) is 0 Å². The molecule has 0 radical (unpaired) electrons. The lowest BCUT2D eigenvalue weighted by Gasteiger charge is -2.44. The lowest BCUT2D eigenvalue weighted by atomic mass is 9.71. The van der Waals surface area contributed by atoms with Gasteiger partial charge in [-0.2, -0.15) is 0 Å². The molecule has 1 saturated heterocycles. The largest absolute Gasteiger partial charge is 0.507 e. The lowest BCUT2D eigenvalue weighted by molar-refractivity contribution is -0.282. The number of benzene rings is 3. The molecule has 0 amide bonds. The maximum absolute atomic E-state index is 13.3. The van der Waals surface area contributed by atoms with Gasteiger partial charge >= 0.3 is 5.97 Å². The molecule has 0 saturated carbocycles. The predicted octanol–water partition coefficient (Wildman–Crippen LogP) is 0.931. The van der Waals surface area contributed by atoms with E-state index in [0.29, 0.717) is 0 Å². The topological polar surface area (TPSA) is 174 Å². The molecule has 10 nitrogen and oxygen atoms in total. The monoisotopic (exact) mass is 508 g/mol. The molecular weight excluding hydrogens is 484 g/mol. The Balaban J connectivity index is 1.61. The summed E-state index contributed by atoms with van der Waals surface area (Å²) >= 11 is 0. The van der Waals surface area contributed by atoms with E-state index in [1.54, 1.807) is 18.2 Å². The normalized spacial score (nSPS) is 26.8. The number of aliphatic hydroxyl groups is 4. The van der Waals surface area contributed by atoms with E-state index in [1.807, 2.05) is 0 Å². The number of rotatable bonds is 4. The fraction of sp³-hybridized carbons (Fsp3) is 0.259. The summed E-state index contributed by atoms with van der Waals surface area (Å²) in [5, 5.41) is 63.1. The Morgan fingerprint density at radius 3 is 2.24 bits per heavy atom. The predicted molar refractivity (Wildman–Crippen MR) is 126 cm³/mol. The second-order valence-electron chi connectivity index (χ2n) is 9.00. The second-order valence-corrected chi connectivity index (χ2v) is 9.00. The summed E-state index contributed by atoms with van der Waals surface area (Å²) in [6, 6.07) is 14.8. The van der Waals surface area contributed by atoms with Gasteiger partial charge in [-0.05, 0) is 41.0 Å². The summed E-state index contributed by atoms with van der Waals surface area (Å²) in [6.45, 7) is -0.471. The van der Waals surface area contributed by atoms with Crippen LogP contribution in [-0.4, -0.2) is 73.1 Å². The zero-order chi connectivity index (χ0) is 26.4. The van der Waals surface area contributed by atoms with Gasteiger partial charge in [0.25, 0.3) is 0 Å². The fourth-order valence-corrected chi connectivity index (χ4v) is 5.00. The molecule has 1 aliphatic heterocycles. The van der Waals surface area contributed by atoms with Crippen LogP contribution in [0.25, 0.3) is 0 Å². The molecule has 1 fully saturated rings. The van der Waals surface area contributed by atoms with Crippen molar-refractivity contribution in [2.45, 2.75) is 43.2 Å². The first-order valence-corrected chi connectivity index (χ1v) is 11.5. The third kappa shape index (κ3) is 4.14. The Labute approximate surface area is 210 Å². The van der Waals surface area contributed by atoms with Crippen molar-refractivity contribution in [1.82, 2.24) is 0 Å². The molecule has 0 aromatic heterocycles. The summed E-state index contributed by atoms with van der Waals surface area (Å²) in [5.41, 5.74) is 0.486. The maximum atomic E-state index is 13.3. The van der Waals surface area contributed by atoms with Crippen LogP contribution in [0.4, 0.5) is 0 Å². The number of ether oxygens (including phenoxy) is 2. The third-order valence-corrected chi connectivity index (χ3v) is 6.76. The number of phenols is 2. The number of phenolic OH excluding ortho intramolecular Hbond substituents is 2. The quantitative estimate of drug-likeness (QED) is 0.278. The SMILES string of the molecule is O=C(OC1OC(C2c3cccc(O)c3C(=O)c3c(O)cc(CO)cc32)C(O)C(O)C1O)c1ccccc1. The van der Waals surface area contributed by atoms with Crippen molar-refractivity contribution in [3.05, 3.63) is 94.0 Å². The molecule has 0 bridgehead atoms. The van der Waals surface area contributed by atoms with Crippen molar-refractivity contribution in [2.24, 2.45) is 0 Å². The van der Waals surface area contributed by atoms with Crippen molar-refractivity contribution in [2.75, 3.05) is 0 Å². The molecule has 0 spiro atoms. The van der Waals surface area contributed by atoms with Gasteiger partial charge in [0, 0.05) is 5.92 Å². The minimum atomic E-state index is -1.82. The molecule has 192 valence electrons. The number of aliphatic hydroxyl groups excluding tert-OH is 4. The highest BCUT2D eigenvalue weighted by atomic mass is 16.7. The number of hydrogen-bond donors (Lipinski definition) is 6. The van der Waals surface area contributed by atoms with E-state index in [2.05, 4.69) is 0 Å². The van der Waals surface area contributed by atoms with Crippen LogP contribution >= 0.6 is 0 Å². The maximum Gasteiger partial charge on any atom is 0.340 e. The van der Waals surface area contributed by atoms with Gasteiger partial charge in [-0.1, -0.05) is 36.4 Å². The van der Waals surface area contributed by atoms with E-state index >= 15 is 0 Å². The first-order chi connectivity index (χ1) is 17.7. The molecule has 6 N–H and O–H groups in total. The highest BCUT2D eigenvalue weighted by Gasteiger charge is 2.51. The van der Waals surface area contributed by atoms with E-state index in [-0.39, 0.29) is 39.1 Å². The zero-order valence-corrected chi connectivity index (χ0v) is 19.3. The third-order valence-electron chi connectivity index (χ3n) is 6.76. The first kappa shape index (κ1) is 24.9. The molecule has 37 heavy (non-hydrogen) atoms. The van der Waals surface area contributed by atoms with Crippen LogP contribution in [0, 0.1) is 0 Å². The highest BCUT2D eigenvalue weighted by Crippen LogP contribution is 2.47. The molecule has 1 aliphatic carbocycles. The van der Waals surface area contributed by atoms with Crippen LogP contribution in [0.3, 0.4) is 0 Å². The van der Waals surface area contributed by atoms with Crippen molar-refractivity contribution in [3.8, 4) is 11.5 Å². The number of ketones is 1. The van der Waals surface area contributed by atoms with Gasteiger partial charge in [-0.25, -0.2) is 4.79 Å². The Bertz CT molecular complexity index is 1350. The van der Waals surface area contributed by atoms with E-state index in [0.717, 1.165) is 0 Å². The number of carbonyl (C=O) groups excluding carboxylic acids is 2.